The molecule has 2 fully saturated rings. The molecule has 0 radical (unpaired) electrons. The Hall–Kier alpha value is -2.71. The molecule has 2 amide bonds. The molecule has 1 saturated carbocycles. The van der Waals surface area contributed by atoms with Gasteiger partial charge in [0.25, 0.3) is 5.56 Å². The summed E-state index contributed by atoms with van der Waals surface area (Å²) < 4.78 is 0. The number of unbranched alkanes of at least 4 members (excludes halogenated alkanes) is 1. The van der Waals surface area contributed by atoms with Crippen molar-refractivity contribution in [2.75, 3.05) is 13.1 Å². The molecule has 5 rings (SSSR count). The monoisotopic (exact) mass is 540 g/mol. The van der Waals surface area contributed by atoms with Crippen molar-refractivity contribution in [2.24, 2.45) is 5.92 Å². The number of hydrogen-bond acceptors (Lipinski definition) is 5. The average Bonchev–Trinajstić information content (AvgIpc) is 3.33. The molecular weight excluding hydrogens is 504 g/mol. The quantitative estimate of drug-likeness (QED) is 0.569. The normalized spacial score (nSPS) is 23.9. The second kappa shape index (κ2) is 11.6. The van der Waals surface area contributed by atoms with Gasteiger partial charge in [-0.1, -0.05) is 50.6 Å². The molecule has 1 aromatic heterocycles. The van der Waals surface area contributed by atoms with Crippen molar-refractivity contribution in [1.29, 1.82) is 0 Å². The number of halogens is 1. The second-order valence-electron chi connectivity index (χ2n) is 11.1. The van der Waals surface area contributed by atoms with Crippen LogP contribution in [0.3, 0.4) is 0 Å². The van der Waals surface area contributed by atoms with E-state index in [0.29, 0.717) is 23.0 Å². The van der Waals surface area contributed by atoms with E-state index < -0.39 is 12.1 Å². The minimum atomic E-state index is -0.712. The van der Waals surface area contributed by atoms with E-state index >= 15 is 0 Å². The van der Waals surface area contributed by atoms with Crippen LogP contribution in [0.25, 0.3) is 11.4 Å². The first-order valence-corrected chi connectivity index (χ1v) is 14.4. The number of β-amino-alcohol motifs (C(OH)–C–C–N with tert-alkyl or cyclic N) is 1. The maximum Gasteiger partial charge on any atom is 0.256 e. The molecule has 0 bridgehead atoms. The Morgan fingerprint density at radius 2 is 1.84 bits per heavy atom. The highest BCUT2D eigenvalue weighted by Crippen LogP contribution is 2.34. The number of aliphatic hydroxyl groups is 1. The fourth-order valence-corrected chi connectivity index (χ4v) is 6.42. The first kappa shape index (κ1) is 26.9. The number of aromatic amines is 1. The number of aromatic nitrogens is 2. The third-order valence-corrected chi connectivity index (χ3v) is 8.61. The maximum atomic E-state index is 13.9. The standard InChI is InChI=1S/C29H37ClN4O4/c1-2-3-7-20-15-33(17-23-25(20)31-26(32-27(23)36)18-10-12-21(30)13-11-18)29(38)24-14-22(35)16-34(24)28(37)19-8-5-4-6-9-19/h10-13,19-20,22,24,35H,2-9,14-17H2,1H3,(H,31,32,36)/t20?,22-,24+/m1/s1. The van der Waals surface area contributed by atoms with E-state index in [-0.39, 0.29) is 48.7 Å². The number of benzene rings is 1. The molecule has 0 spiro atoms. The number of nitrogens with one attached hydrogen (secondary N) is 1. The van der Waals surface area contributed by atoms with Crippen LogP contribution in [0.15, 0.2) is 29.1 Å². The fraction of sp³-hybridized carbons (Fsp3) is 0.586. The van der Waals surface area contributed by atoms with Crippen molar-refractivity contribution < 1.29 is 14.7 Å². The van der Waals surface area contributed by atoms with Crippen LogP contribution in [0.2, 0.25) is 5.02 Å². The van der Waals surface area contributed by atoms with Crippen LogP contribution in [-0.4, -0.2) is 61.9 Å². The average molecular weight is 541 g/mol. The van der Waals surface area contributed by atoms with Crippen LogP contribution in [0.1, 0.15) is 81.9 Å². The molecule has 1 saturated heterocycles. The summed E-state index contributed by atoms with van der Waals surface area (Å²) in [5.41, 5.74) is 1.78. The molecule has 3 atom stereocenters. The topological polar surface area (TPSA) is 107 Å². The van der Waals surface area contributed by atoms with Gasteiger partial charge in [0.1, 0.15) is 11.9 Å². The minimum absolute atomic E-state index is 0.00772. The van der Waals surface area contributed by atoms with Gasteiger partial charge in [0.2, 0.25) is 11.8 Å². The van der Waals surface area contributed by atoms with Gasteiger partial charge in [-0.25, -0.2) is 4.98 Å². The summed E-state index contributed by atoms with van der Waals surface area (Å²) in [4.78, 5) is 51.7. The lowest BCUT2D eigenvalue weighted by atomic mass is 9.88. The Labute approximate surface area is 228 Å². The highest BCUT2D eigenvalue weighted by atomic mass is 35.5. The highest BCUT2D eigenvalue weighted by molar-refractivity contribution is 6.30. The SMILES string of the molecule is CCCCC1CN(C(=O)[C@@H]2C[C@@H](O)CN2C(=O)C2CCCCC2)Cc2c1nc(-c1ccc(Cl)cc1)[nH]c2=O. The zero-order chi connectivity index (χ0) is 26.8. The Bertz CT molecular complexity index is 1220. The van der Waals surface area contributed by atoms with Gasteiger partial charge < -0.3 is 19.9 Å². The van der Waals surface area contributed by atoms with Gasteiger partial charge in [0.05, 0.1) is 23.9 Å². The van der Waals surface area contributed by atoms with Crippen molar-refractivity contribution in [3.63, 3.8) is 0 Å². The predicted molar refractivity (Wildman–Crippen MR) is 146 cm³/mol. The van der Waals surface area contributed by atoms with Crippen LogP contribution in [0.5, 0.6) is 0 Å². The number of nitrogens with zero attached hydrogens (tertiary/aromatic N) is 3. The number of hydrogen-bond donors (Lipinski definition) is 2. The Balaban J connectivity index is 1.42. The van der Waals surface area contributed by atoms with Gasteiger partial charge in [0.15, 0.2) is 0 Å². The lowest BCUT2D eigenvalue weighted by Gasteiger charge is -2.37. The first-order chi connectivity index (χ1) is 18.4. The van der Waals surface area contributed by atoms with Crippen molar-refractivity contribution in [2.45, 2.75) is 89.3 Å². The number of carbonyl (C=O) groups excluding carboxylic acids is 2. The van der Waals surface area contributed by atoms with Gasteiger partial charge in [-0.3, -0.25) is 14.4 Å². The molecule has 2 aromatic rings. The van der Waals surface area contributed by atoms with Crippen LogP contribution in [0.4, 0.5) is 0 Å². The first-order valence-electron chi connectivity index (χ1n) is 14.0. The minimum Gasteiger partial charge on any atom is -0.391 e. The molecule has 9 heteroatoms. The van der Waals surface area contributed by atoms with Crippen molar-refractivity contribution in [3.05, 3.63) is 50.9 Å². The van der Waals surface area contributed by atoms with E-state index in [9.17, 15) is 19.5 Å². The number of amides is 2. The molecule has 1 aromatic carbocycles. The third kappa shape index (κ3) is 5.52. The van der Waals surface area contributed by atoms with E-state index in [1.807, 2.05) is 12.1 Å². The van der Waals surface area contributed by atoms with Crippen molar-refractivity contribution >= 4 is 23.4 Å². The second-order valence-corrected chi connectivity index (χ2v) is 11.5. The van der Waals surface area contributed by atoms with Crippen LogP contribution < -0.4 is 5.56 Å². The van der Waals surface area contributed by atoms with Crippen LogP contribution in [-0.2, 0) is 16.1 Å². The molecular formula is C29H37ClN4O4. The van der Waals surface area contributed by atoms with E-state index in [0.717, 1.165) is 62.6 Å². The van der Waals surface area contributed by atoms with Crippen molar-refractivity contribution in [3.8, 4) is 11.4 Å². The molecule has 2 aliphatic heterocycles. The van der Waals surface area contributed by atoms with Gasteiger partial charge in [-0.05, 0) is 43.5 Å². The maximum absolute atomic E-state index is 13.9. The summed E-state index contributed by atoms with van der Waals surface area (Å²) in [5.74, 6) is 0.160. The van der Waals surface area contributed by atoms with E-state index in [4.69, 9.17) is 16.6 Å². The molecule has 38 heavy (non-hydrogen) atoms. The number of H-pyrrole nitrogens is 1. The summed E-state index contributed by atoms with van der Waals surface area (Å²) in [6, 6.07) is 6.50. The van der Waals surface area contributed by atoms with Crippen LogP contribution >= 0.6 is 11.6 Å². The summed E-state index contributed by atoms with van der Waals surface area (Å²) >= 11 is 6.04. The molecule has 3 heterocycles. The zero-order valence-corrected chi connectivity index (χ0v) is 22.8. The lowest BCUT2D eigenvalue weighted by Crippen LogP contribution is -2.52. The molecule has 1 unspecified atom stereocenters. The molecule has 3 aliphatic rings. The Morgan fingerprint density at radius 3 is 2.55 bits per heavy atom. The zero-order valence-electron chi connectivity index (χ0n) is 22.0. The molecule has 1 aliphatic carbocycles. The van der Waals surface area contributed by atoms with Crippen LogP contribution in [0, 0.1) is 5.92 Å². The molecule has 2 N–H and O–H groups in total. The number of aliphatic hydroxyl groups excluding tert-OH is 1. The highest BCUT2D eigenvalue weighted by Gasteiger charge is 2.44. The predicted octanol–water partition coefficient (Wildman–Crippen LogP) is 4.25. The smallest absolute Gasteiger partial charge is 0.256 e. The van der Waals surface area contributed by atoms with E-state index in [1.54, 1.807) is 21.9 Å². The Kier molecular flexibility index (Phi) is 8.19. The molecule has 204 valence electrons. The van der Waals surface area contributed by atoms with E-state index in [1.165, 1.54) is 0 Å². The van der Waals surface area contributed by atoms with Gasteiger partial charge in [-0.15, -0.1) is 0 Å². The largest absolute Gasteiger partial charge is 0.391 e. The Morgan fingerprint density at radius 1 is 1.11 bits per heavy atom. The molecule has 8 nitrogen and oxygen atoms in total. The number of carbonyl (C=O) groups is 2. The fourth-order valence-electron chi connectivity index (χ4n) is 6.29. The third-order valence-electron chi connectivity index (χ3n) is 8.36. The summed E-state index contributed by atoms with van der Waals surface area (Å²) in [6.45, 7) is 2.91. The summed E-state index contributed by atoms with van der Waals surface area (Å²) in [7, 11) is 0. The van der Waals surface area contributed by atoms with Gasteiger partial charge in [-0.2, -0.15) is 0 Å². The van der Waals surface area contributed by atoms with Gasteiger partial charge in [0, 0.05) is 41.9 Å². The number of fused-ring (bicyclic) bond motifs is 1. The van der Waals surface area contributed by atoms with Crippen molar-refractivity contribution in [1.82, 2.24) is 19.8 Å². The summed E-state index contributed by atoms with van der Waals surface area (Å²) in [6.07, 6.45) is 7.17. The van der Waals surface area contributed by atoms with Gasteiger partial charge >= 0.3 is 0 Å². The number of rotatable bonds is 6. The summed E-state index contributed by atoms with van der Waals surface area (Å²) in [5, 5.41) is 11.1. The lowest BCUT2D eigenvalue weighted by molar-refractivity contribution is -0.147. The number of likely N-dealkylation sites (tertiary alicyclic amines) is 1. The van der Waals surface area contributed by atoms with E-state index in [2.05, 4.69) is 11.9 Å².